The average molecular weight is 721 g/mol. The Balaban J connectivity index is 1.58. The van der Waals surface area contributed by atoms with E-state index in [1.165, 1.54) is 4.90 Å². The van der Waals surface area contributed by atoms with Crippen LogP contribution in [-0.4, -0.2) is 68.3 Å². The molecule has 2 aliphatic rings. The van der Waals surface area contributed by atoms with Crippen LogP contribution in [0.25, 0.3) is 11.0 Å². The number of amides is 2. The van der Waals surface area contributed by atoms with Crippen LogP contribution in [0.3, 0.4) is 0 Å². The highest BCUT2D eigenvalue weighted by Crippen LogP contribution is 2.48. The molecule has 2 amide bonds. The third-order valence-electron chi connectivity index (χ3n) is 9.51. The Hall–Kier alpha value is -2.91. The summed E-state index contributed by atoms with van der Waals surface area (Å²) in [5, 5.41) is 5.84. The predicted octanol–water partition coefficient (Wildman–Crippen LogP) is 7.33. The largest absolute Gasteiger partial charge is 0.416 e. The van der Waals surface area contributed by atoms with E-state index in [0.29, 0.717) is 34.6 Å². The van der Waals surface area contributed by atoms with E-state index in [9.17, 15) is 27.0 Å². The second-order valence-corrected chi connectivity index (χ2v) is 22.9. The normalized spacial score (nSPS) is 17.9. The van der Waals surface area contributed by atoms with Crippen molar-refractivity contribution in [2.45, 2.75) is 108 Å². The fraction of sp³-hybridized carbons (Fsp3) is 0.571. The molecule has 0 spiro atoms. The Morgan fingerprint density at radius 1 is 1.02 bits per heavy atom. The van der Waals surface area contributed by atoms with Crippen molar-refractivity contribution >= 4 is 41.9 Å². The highest BCUT2D eigenvalue weighted by atomic mass is 32.2. The van der Waals surface area contributed by atoms with Crippen molar-refractivity contribution in [2.24, 2.45) is 11.1 Å². The highest BCUT2D eigenvalue weighted by Gasteiger charge is 2.49. The van der Waals surface area contributed by atoms with Gasteiger partial charge in [0.15, 0.2) is 5.60 Å². The molecule has 0 saturated heterocycles. The Morgan fingerprint density at radius 2 is 1.63 bits per heavy atom. The van der Waals surface area contributed by atoms with Gasteiger partial charge >= 0.3 is 6.18 Å². The molecule has 9 nitrogen and oxygen atoms in total. The van der Waals surface area contributed by atoms with Gasteiger partial charge in [-0.05, 0) is 88.7 Å². The third-order valence-corrected chi connectivity index (χ3v) is 12.5. The smallest absolute Gasteiger partial charge is 0.365 e. The van der Waals surface area contributed by atoms with Crippen LogP contribution in [0, 0.1) is 5.92 Å². The van der Waals surface area contributed by atoms with Crippen molar-refractivity contribution in [2.75, 3.05) is 13.2 Å². The van der Waals surface area contributed by atoms with Gasteiger partial charge in [-0.2, -0.15) is 13.2 Å². The molecule has 1 unspecified atom stereocenters. The van der Waals surface area contributed by atoms with E-state index in [0.717, 1.165) is 38.3 Å². The first-order valence-corrected chi connectivity index (χ1v) is 21.6. The summed E-state index contributed by atoms with van der Waals surface area (Å²) in [5.41, 5.74) is 0.274. The first-order valence-electron chi connectivity index (χ1n) is 16.6. The first kappa shape index (κ1) is 37.3. The molecule has 3 atom stereocenters. The number of nitrogens with zero attached hydrogens (tertiary/aromatic N) is 3. The van der Waals surface area contributed by atoms with Gasteiger partial charge in [0, 0.05) is 20.6 Å². The number of ether oxygens (including phenoxy) is 2. The number of hydrogen-bond donors (Lipinski definition) is 1. The Labute approximate surface area is 289 Å². The van der Waals surface area contributed by atoms with Gasteiger partial charge in [0.05, 0.1) is 50.5 Å². The van der Waals surface area contributed by atoms with Crippen LogP contribution in [0.15, 0.2) is 42.5 Å². The number of carbonyl (C=O) groups is 2. The summed E-state index contributed by atoms with van der Waals surface area (Å²) in [6.07, 6.45) is -2.78. The molecule has 1 fully saturated rings. The Kier molecular flexibility index (Phi) is 10.4. The molecular weight excluding hydrogens is 674 g/mol. The molecule has 49 heavy (non-hydrogen) atoms. The number of hydrogen-bond acceptors (Lipinski definition) is 6. The van der Waals surface area contributed by atoms with Crippen LogP contribution in [0.5, 0.6) is 0 Å². The number of alkyl halides is 3. The molecule has 0 bridgehead atoms. The van der Waals surface area contributed by atoms with Crippen LogP contribution < -0.4 is 5.14 Å². The molecule has 14 heteroatoms. The molecule has 268 valence electrons. The Morgan fingerprint density at radius 3 is 2.16 bits per heavy atom. The summed E-state index contributed by atoms with van der Waals surface area (Å²) < 4.78 is 66.8. The summed E-state index contributed by atoms with van der Waals surface area (Å²) in [7, 11) is -3.22. The van der Waals surface area contributed by atoms with Gasteiger partial charge in [0.2, 0.25) is 0 Å². The van der Waals surface area contributed by atoms with Gasteiger partial charge in [0.25, 0.3) is 11.8 Å². The van der Waals surface area contributed by atoms with Crippen molar-refractivity contribution < 1.29 is 36.4 Å². The molecule has 5 rings (SSSR count). The van der Waals surface area contributed by atoms with E-state index >= 15 is 0 Å². The lowest BCUT2D eigenvalue weighted by Gasteiger charge is -2.32. The summed E-state index contributed by atoms with van der Waals surface area (Å²) in [5.74, 6) is -0.893. The molecule has 1 aliphatic heterocycles. The van der Waals surface area contributed by atoms with Crippen LogP contribution >= 0.6 is 0 Å². The zero-order valence-corrected chi connectivity index (χ0v) is 31.0. The summed E-state index contributed by atoms with van der Waals surface area (Å²) in [6.45, 7) is 12.3. The van der Waals surface area contributed by atoms with Gasteiger partial charge < -0.3 is 14.0 Å². The lowest BCUT2D eigenvalue weighted by Crippen LogP contribution is -2.43. The number of carbonyl (C=O) groups excluding carboxylic acids is 2. The van der Waals surface area contributed by atoms with E-state index in [4.69, 9.17) is 19.6 Å². The number of nitrogens with two attached hydrogens (primary N) is 1. The summed E-state index contributed by atoms with van der Waals surface area (Å²) in [6, 6.07) is 12.8. The SMILES string of the molecule is CC(C)(C[C@@H](COC(C)(C)C(F)(F)F)c1nc2cc([C@@H](C3CC3)N3C(=O)c4ccccc4C3=O)ccc2n1COCC[Si](C)(C)C)S(N)=O. The van der Waals surface area contributed by atoms with E-state index in [-0.39, 0.29) is 37.5 Å². The molecule has 0 radical (unpaired) electrons. The van der Waals surface area contributed by atoms with Crippen LogP contribution in [0.2, 0.25) is 25.7 Å². The van der Waals surface area contributed by atoms with E-state index < -0.39 is 47.5 Å². The number of imidazole rings is 1. The standard InChI is InChI=1S/C35H47F3N4O5SSi/c1-33(2,48(39)45)19-24(20-47-34(3,4)35(36,37)38)30-40-27-18-23(14-15-28(27)41(30)21-46-16-17-49(5,6)7)29(22-12-13-22)42-31(43)25-10-8-9-11-26(25)32(42)44/h8-11,14-15,18,22,24,29H,12-13,16-17,19-21,39H2,1-7H3/t24-,29+,48?/m0/s1. The van der Waals surface area contributed by atoms with Crippen LogP contribution in [-0.2, 0) is 27.2 Å². The molecule has 3 aromatic rings. The number of rotatable bonds is 15. The number of imide groups is 1. The maximum Gasteiger partial charge on any atom is 0.416 e. The number of aromatic nitrogens is 2. The third kappa shape index (κ3) is 8.03. The van der Waals surface area contributed by atoms with Gasteiger partial charge in [-0.15, -0.1) is 0 Å². The fourth-order valence-corrected chi connectivity index (χ4v) is 7.25. The van der Waals surface area contributed by atoms with E-state index in [1.54, 1.807) is 38.1 Å². The predicted molar refractivity (Wildman–Crippen MR) is 186 cm³/mol. The maximum absolute atomic E-state index is 13.9. The number of benzene rings is 2. The number of halogens is 3. The van der Waals surface area contributed by atoms with Gasteiger partial charge in [-0.3, -0.25) is 19.6 Å². The molecule has 1 aliphatic carbocycles. The minimum Gasteiger partial charge on any atom is -0.365 e. The molecule has 2 heterocycles. The van der Waals surface area contributed by atoms with Crippen molar-refractivity contribution in [1.29, 1.82) is 0 Å². The molecule has 2 aromatic carbocycles. The van der Waals surface area contributed by atoms with E-state index in [2.05, 4.69) is 19.6 Å². The van der Waals surface area contributed by atoms with E-state index in [1.807, 2.05) is 22.8 Å². The fourth-order valence-electron chi connectivity index (χ4n) is 6.13. The quantitative estimate of drug-likeness (QED) is 0.0999. The molecule has 1 saturated carbocycles. The Bertz CT molecular complexity index is 1710. The monoisotopic (exact) mass is 720 g/mol. The topological polar surface area (TPSA) is 117 Å². The number of fused-ring (bicyclic) bond motifs is 2. The van der Waals surface area contributed by atoms with Crippen LogP contribution in [0.1, 0.15) is 91.0 Å². The molecule has 1 aromatic heterocycles. The first-order chi connectivity index (χ1) is 22.7. The van der Waals surface area contributed by atoms with Crippen molar-refractivity contribution in [3.05, 3.63) is 65.0 Å². The molecule has 2 N–H and O–H groups in total. The van der Waals surface area contributed by atoms with Gasteiger partial charge in [-0.25, -0.2) is 9.19 Å². The van der Waals surface area contributed by atoms with Gasteiger partial charge in [0.1, 0.15) is 12.6 Å². The summed E-state index contributed by atoms with van der Waals surface area (Å²) >= 11 is 0. The molecular formula is C35H47F3N4O5SSi. The highest BCUT2D eigenvalue weighted by molar-refractivity contribution is 7.84. The van der Waals surface area contributed by atoms with Crippen molar-refractivity contribution in [1.82, 2.24) is 14.5 Å². The second-order valence-electron chi connectivity index (χ2n) is 15.6. The summed E-state index contributed by atoms with van der Waals surface area (Å²) in [4.78, 5) is 33.4. The minimum atomic E-state index is -4.62. The minimum absolute atomic E-state index is 0.0887. The lowest BCUT2D eigenvalue weighted by atomic mass is 9.95. The second kappa shape index (κ2) is 13.7. The zero-order chi connectivity index (χ0) is 36.1. The van der Waals surface area contributed by atoms with Gasteiger partial charge in [-0.1, -0.05) is 37.8 Å². The zero-order valence-electron chi connectivity index (χ0n) is 29.2. The average Bonchev–Trinajstić information content (AvgIpc) is 3.73. The lowest BCUT2D eigenvalue weighted by molar-refractivity contribution is -0.265. The van der Waals surface area contributed by atoms with Crippen molar-refractivity contribution in [3.63, 3.8) is 0 Å². The van der Waals surface area contributed by atoms with Crippen LogP contribution in [0.4, 0.5) is 13.2 Å². The van der Waals surface area contributed by atoms with Crippen molar-refractivity contribution in [3.8, 4) is 0 Å². The maximum atomic E-state index is 13.9.